The van der Waals surface area contributed by atoms with Gasteiger partial charge < -0.3 is 14.1 Å². The minimum absolute atomic E-state index is 0.207. The van der Waals surface area contributed by atoms with E-state index in [9.17, 15) is 0 Å². The minimum Gasteiger partial charge on any atom is -0.345 e. The Morgan fingerprint density at radius 1 is 0.500 bits per heavy atom. The molecule has 0 fully saturated rings. The monoisotopic (exact) mass is 752 g/mol. The van der Waals surface area contributed by atoms with Gasteiger partial charge in [0.25, 0.3) is 0 Å². The molecule has 4 aromatic heterocycles. The van der Waals surface area contributed by atoms with Gasteiger partial charge in [-0.2, -0.15) is 0 Å². The third-order valence-electron chi connectivity index (χ3n) is 13.4. The van der Waals surface area contributed by atoms with Crippen molar-refractivity contribution >= 4 is 43.6 Å². The molecular weight excluding hydrogens is 709 g/mol. The van der Waals surface area contributed by atoms with Gasteiger partial charge in [-0.05, 0) is 137 Å². The van der Waals surface area contributed by atoms with Crippen molar-refractivity contribution < 1.29 is 0 Å². The first-order chi connectivity index (χ1) is 28.4. The molecule has 6 heteroatoms. The molecule has 10 aromatic rings. The highest BCUT2D eigenvalue weighted by Crippen LogP contribution is 2.51. The van der Waals surface area contributed by atoms with Crippen molar-refractivity contribution in [3.63, 3.8) is 0 Å². The largest absolute Gasteiger partial charge is 0.345 e. The Hall–Kier alpha value is -6.79. The van der Waals surface area contributed by atoms with Gasteiger partial charge in [-0.3, -0.25) is 0 Å². The Bertz CT molecular complexity index is 3180. The molecule has 1 N–H and O–H groups in total. The van der Waals surface area contributed by atoms with E-state index in [1.807, 2.05) is 30.9 Å². The van der Waals surface area contributed by atoms with Gasteiger partial charge in [0.1, 0.15) is 5.82 Å². The highest BCUT2D eigenvalue weighted by atomic mass is 15.0. The zero-order chi connectivity index (χ0) is 39.2. The fourth-order valence-corrected chi connectivity index (χ4v) is 10.1. The maximum Gasteiger partial charge on any atom is 0.159 e. The predicted molar refractivity (Wildman–Crippen MR) is 239 cm³/mol. The van der Waals surface area contributed by atoms with E-state index in [1.54, 1.807) is 0 Å². The van der Waals surface area contributed by atoms with Crippen LogP contribution >= 0.6 is 0 Å². The van der Waals surface area contributed by atoms with Gasteiger partial charge in [0.05, 0.1) is 22.1 Å². The number of aromatic nitrogens is 6. The Kier molecular flexibility index (Phi) is 7.80. The molecule has 282 valence electrons. The van der Waals surface area contributed by atoms with Crippen LogP contribution in [-0.2, 0) is 0 Å². The number of nitrogens with one attached hydrogen (secondary N) is 1. The molecule has 0 amide bonds. The van der Waals surface area contributed by atoms with Crippen LogP contribution in [0.1, 0.15) is 79.2 Å². The normalized spacial score (nSPS) is 18.1. The van der Waals surface area contributed by atoms with Crippen LogP contribution in [0.2, 0.25) is 0 Å². The number of hydrogen-bond acceptors (Lipinski definition) is 3. The fraction of sp³-hybridized carbons (Fsp3) is 0.173. The Balaban J connectivity index is 1.22. The van der Waals surface area contributed by atoms with Gasteiger partial charge in [0.15, 0.2) is 5.82 Å². The summed E-state index contributed by atoms with van der Waals surface area (Å²) in [6.07, 6.45) is 7.37. The quantitative estimate of drug-likeness (QED) is 0.195. The van der Waals surface area contributed by atoms with Crippen LogP contribution < -0.4 is 0 Å². The highest BCUT2D eigenvalue weighted by molar-refractivity contribution is 6.13. The number of benzene rings is 6. The first kappa shape index (κ1) is 34.5. The molecule has 0 saturated heterocycles. The molecule has 4 bridgehead atoms. The van der Waals surface area contributed by atoms with Crippen molar-refractivity contribution in [2.24, 2.45) is 0 Å². The van der Waals surface area contributed by atoms with Crippen LogP contribution in [0.3, 0.4) is 0 Å². The average molecular weight is 753 g/mol. The lowest BCUT2D eigenvalue weighted by atomic mass is 9.73. The smallest absolute Gasteiger partial charge is 0.159 e. The molecule has 11 rings (SSSR count). The maximum absolute atomic E-state index is 4.65. The van der Waals surface area contributed by atoms with Crippen LogP contribution in [0.15, 0.2) is 146 Å². The van der Waals surface area contributed by atoms with Crippen molar-refractivity contribution in [2.75, 3.05) is 0 Å². The molecule has 4 atom stereocenters. The summed E-state index contributed by atoms with van der Waals surface area (Å²) in [5.74, 6) is 2.48. The summed E-state index contributed by atoms with van der Waals surface area (Å²) < 4.78 is 5.01. The lowest BCUT2D eigenvalue weighted by Crippen LogP contribution is -2.16. The molecule has 4 unspecified atom stereocenters. The summed E-state index contributed by atoms with van der Waals surface area (Å²) in [7, 11) is 0. The van der Waals surface area contributed by atoms with Crippen molar-refractivity contribution in [2.45, 2.75) is 58.3 Å². The number of nitrogens with zero attached hydrogens (tertiary/aromatic N) is 5. The number of imidazole rings is 1. The zero-order valence-electron chi connectivity index (χ0n) is 33.4. The van der Waals surface area contributed by atoms with Gasteiger partial charge >= 0.3 is 0 Å². The van der Waals surface area contributed by atoms with E-state index in [1.165, 1.54) is 77.1 Å². The summed E-state index contributed by atoms with van der Waals surface area (Å²) in [4.78, 5) is 17.3. The lowest BCUT2D eigenvalue weighted by Gasteiger charge is -2.32. The van der Waals surface area contributed by atoms with Crippen LogP contribution in [0.4, 0.5) is 0 Å². The molecule has 58 heavy (non-hydrogen) atoms. The summed E-state index contributed by atoms with van der Waals surface area (Å²) in [5, 5.41) is 5.04. The third-order valence-corrected chi connectivity index (χ3v) is 13.4. The number of para-hydroxylation sites is 2. The molecule has 6 nitrogen and oxygen atoms in total. The second-order valence-electron chi connectivity index (χ2n) is 16.4. The minimum atomic E-state index is 0.207. The van der Waals surface area contributed by atoms with Gasteiger partial charge in [-0.15, -0.1) is 0 Å². The van der Waals surface area contributed by atoms with Crippen LogP contribution in [0.25, 0.3) is 77.8 Å². The Morgan fingerprint density at radius 2 is 1.10 bits per heavy atom. The average Bonchev–Trinajstić information content (AvgIpc) is 4.01. The number of H-pyrrole nitrogens is 1. The van der Waals surface area contributed by atoms with Gasteiger partial charge in [0.2, 0.25) is 0 Å². The third kappa shape index (κ3) is 5.07. The molecule has 0 saturated carbocycles. The van der Waals surface area contributed by atoms with Crippen LogP contribution in [-0.4, -0.2) is 29.1 Å². The van der Waals surface area contributed by atoms with Crippen molar-refractivity contribution in [1.29, 1.82) is 0 Å². The fourth-order valence-electron chi connectivity index (χ4n) is 10.1. The maximum atomic E-state index is 4.65. The van der Waals surface area contributed by atoms with Crippen LogP contribution in [0.5, 0.6) is 0 Å². The number of aromatic amines is 1. The standard InChI is InChI=1S/C52H44N6/c1-30-33(4)48-34(5)40(29-45-43-26-35(51-53-21-12-22-54-51)18-20-47(43)58(50(45)48)39-15-10-7-11-16-39)31(2)32(3)41-27-37(30)28-44-42-25-36(52-55-23-24-56-52)17-19-46(42)57(49(41)44)38-13-8-6-9-14-38/h6-33H,1-5H3,(H,55,56). The van der Waals surface area contributed by atoms with Gasteiger partial charge in [-0.1, -0.05) is 70.2 Å². The highest BCUT2D eigenvalue weighted by Gasteiger charge is 2.33. The summed E-state index contributed by atoms with van der Waals surface area (Å²) >= 11 is 0. The molecular formula is C52H44N6. The van der Waals surface area contributed by atoms with E-state index in [2.05, 4.69) is 179 Å². The summed E-state index contributed by atoms with van der Waals surface area (Å²) in [6, 6.07) is 44.8. The molecule has 4 heterocycles. The summed E-state index contributed by atoms with van der Waals surface area (Å²) in [6.45, 7) is 12.2. The molecule has 0 aliphatic heterocycles. The molecule has 0 spiro atoms. The van der Waals surface area contributed by atoms with E-state index in [-0.39, 0.29) is 23.7 Å². The SMILES string of the molecule is Cc1c2cc3c4cc(-c5ncccn5)ccc4n(-c4ccccc4)c3c1C(C)C(C)c1cc(c3c(c1)c1cc(-c4ncc[nH]4)ccc1n3-c1ccccc1)C(C)C2C. The van der Waals surface area contributed by atoms with Gasteiger partial charge in [-0.25, -0.2) is 15.0 Å². The molecule has 1 aliphatic carbocycles. The first-order valence-electron chi connectivity index (χ1n) is 20.5. The molecule has 6 aromatic carbocycles. The summed E-state index contributed by atoms with van der Waals surface area (Å²) in [5.41, 5.74) is 16.4. The Morgan fingerprint density at radius 3 is 1.76 bits per heavy atom. The first-order valence-corrected chi connectivity index (χ1v) is 20.5. The zero-order valence-corrected chi connectivity index (χ0v) is 33.4. The van der Waals surface area contributed by atoms with Crippen molar-refractivity contribution in [1.82, 2.24) is 29.1 Å². The van der Waals surface area contributed by atoms with Crippen LogP contribution in [0, 0.1) is 6.92 Å². The second kappa shape index (κ2) is 13.1. The van der Waals surface area contributed by atoms with E-state index in [4.69, 9.17) is 0 Å². The van der Waals surface area contributed by atoms with Crippen molar-refractivity contribution in [3.05, 3.63) is 174 Å². The Labute approximate surface area is 337 Å². The second-order valence-corrected chi connectivity index (χ2v) is 16.4. The topological polar surface area (TPSA) is 64.3 Å². The van der Waals surface area contributed by atoms with E-state index >= 15 is 0 Å². The number of hydrogen-bond donors (Lipinski definition) is 1. The van der Waals surface area contributed by atoms with E-state index in [0.29, 0.717) is 0 Å². The predicted octanol–water partition coefficient (Wildman–Crippen LogP) is 13.2. The lowest BCUT2D eigenvalue weighted by molar-refractivity contribution is 0.592. The van der Waals surface area contributed by atoms with E-state index in [0.717, 1.165) is 28.5 Å². The number of rotatable bonds is 4. The van der Waals surface area contributed by atoms with Gasteiger partial charge in [0, 0.05) is 68.8 Å². The number of fused-ring (bicyclic) bond motifs is 12. The molecule has 0 radical (unpaired) electrons. The van der Waals surface area contributed by atoms with E-state index < -0.39 is 0 Å². The van der Waals surface area contributed by atoms with Crippen molar-refractivity contribution in [3.8, 4) is 34.2 Å². The molecule has 1 aliphatic rings.